The van der Waals surface area contributed by atoms with Crippen LogP contribution < -0.4 is 5.32 Å². The van der Waals surface area contributed by atoms with E-state index in [9.17, 15) is 4.79 Å². The number of halogens is 2. The molecule has 26 heavy (non-hydrogen) atoms. The zero-order valence-corrected chi connectivity index (χ0v) is 17.4. The lowest BCUT2D eigenvalue weighted by atomic mass is 10.1. The number of carbonyl (C=O) groups excluding carboxylic acids is 1. The summed E-state index contributed by atoms with van der Waals surface area (Å²) in [6.07, 6.45) is 4.88. The summed E-state index contributed by atoms with van der Waals surface area (Å²) in [5, 5.41) is 3.53. The number of rotatable bonds is 7. The number of oxazole rings is 1. The number of hydrogen-bond acceptors (Lipinski definition) is 3. The number of benzene rings is 2. The van der Waals surface area contributed by atoms with Crippen molar-refractivity contribution in [3.8, 4) is 11.5 Å². The molecule has 0 aliphatic carbocycles. The van der Waals surface area contributed by atoms with Crippen molar-refractivity contribution in [1.82, 2.24) is 4.98 Å². The van der Waals surface area contributed by atoms with Gasteiger partial charge in [0, 0.05) is 15.7 Å². The predicted octanol–water partition coefficient (Wildman–Crippen LogP) is 6.66. The molecule has 3 rings (SSSR count). The predicted molar refractivity (Wildman–Crippen MR) is 115 cm³/mol. The Labute approximate surface area is 171 Å². The molecular formula is C20H20ClIN2O2. The van der Waals surface area contributed by atoms with Gasteiger partial charge in [-0.3, -0.25) is 4.79 Å². The first-order valence-corrected chi connectivity index (χ1v) is 10.2. The lowest BCUT2D eigenvalue weighted by molar-refractivity contribution is -0.116. The SMILES string of the molecule is CCCCCCC(=O)Nc1ccc2oc(-c3cc(I)ccc3Cl)nc2c1. The van der Waals surface area contributed by atoms with Crippen molar-refractivity contribution in [1.29, 1.82) is 0 Å². The molecule has 1 amide bonds. The molecule has 2 aromatic carbocycles. The second-order valence-corrected chi connectivity index (χ2v) is 7.84. The molecule has 136 valence electrons. The molecule has 1 heterocycles. The highest BCUT2D eigenvalue weighted by Crippen LogP contribution is 2.32. The summed E-state index contributed by atoms with van der Waals surface area (Å²) in [5.74, 6) is 0.511. The average Bonchev–Trinajstić information content (AvgIpc) is 3.04. The summed E-state index contributed by atoms with van der Waals surface area (Å²) in [6.45, 7) is 2.16. The summed E-state index contributed by atoms with van der Waals surface area (Å²) in [6, 6.07) is 11.2. The Morgan fingerprint density at radius 2 is 2.04 bits per heavy atom. The Bertz CT molecular complexity index is 923. The number of fused-ring (bicyclic) bond motifs is 1. The number of nitrogens with one attached hydrogen (secondary N) is 1. The Balaban J connectivity index is 1.75. The van der Waals surface area contributed by atoms with Gasteiger partial charge in [-0.15, -0.1) is 0 Å². The van der Waals surface area contributed by atoms with Gasteiger partial charge in [0.2, 0.25) is 11.8 Å². The van der Waals surface area contributed by atoms with E-state index in [0.29, 0.717) is 28.4 Å². The van der Waals surface area contributed by atoms with Crippen LogP contribution in [-0.4, -0.2) is 10.9 Å². The number of anilines is 1. The second kappa shape index (κ2) is 8.86. The number of hydrogen-bond donors (Lipinski definition) is 1. The van der Waals surface area contributed by atoms with Crippen LogP contribution in [-0.2, 0) is 4.79 Å². The number of carbonyl (C=O) groups is 1. The fourth-order valence-corrected chi connectivity index (χ4v) is 3.41. The molecule has 0 aliphatic heterocycles. The summed E-state index contributed by atoms with van der Waals surface area (Å²) < 4.78 is 6.89. The van der Waals surface area contributed by atoms with E-state index in [2.05, 4.69) is 39.8 Å². The lowest BCUT2D eigenvalue weighted by Crippen LogP contribution is -2.10. The molecule has 0 bridgehead atoms. The van der Waals surface area contributed by atoms with Gasteiger partial charge >= 0.3 is 0 Å². The van der Waals surface area contributed by atoms with E-state index >= 15 is 0 Å². The molecular weight excluding hydrogens is 463 g/mol. The van der Waals surface area contributed by atoms with Gasteiger partial charge in [-0.05, 0) is 65.4 Å². The van der Waals surface area contributed by atoms with Gasteiger partial charge in [0.15, 0.2) is 5.58 Å². The van der Waals surface area contributed by atoms with Crippen LogP contribution in [0.1, 0.15) is 39.0 Å². The molecule has 0 aliphatic rings. The molecule has 1 N–H and O–H groups in total. The molecule has 0 fully saturated rings. The fourth-order valence-electron chi connectivity index (χ4n) is 2.72. The number of aromatic nitrogens is 1. The zero-order valence-electron chi connectivity index (χ0n) is 14.5. The molecule has 0 radical (unpaired) electrons. The Hall–Kier alpha value is -1.60. The van der Waals surface area contributed by atoms with Crippen molar-refractivity contribution in [3.05, 3.63) is 45.0 Å². The van der Waals surface area contributed by atoms with E-state index in [-0.39, 0.29) is 5.91 Å². The third kappa shape index (κ3) is 4.76. The van der Waals surface area contributed by atoms with Gasteiger partial charge in [-0.1, -0.05) is 37.8 Å². The van der Waals surface area contributed by atoms with E-state index in [0.717, 1.165) is 34.1 Å². The van der Waals surface area contributed by atoms with Gasteiger partial charge in [0.05, 0.1) is 10.6 Å². The van der Waals surface area contributed by atoms with Crippen molar-refractivity contribution in [2.45, 2.75) is 39.0 Å². The highest BCUT2D eigenvalue weighted by atomic mass is 127. The number of unbranched alkanes of at least 4 members (excludes halogenated alkanes) is 3. The van der Waals surface area contributed by atoms with Crippen molar-refractivity contribution in [2.75, 3.05) is 5.32 Å². The van der Waals surface area contributed by atoms with Crippen LogP contribution in [0.5, 0.6) is 0 Å². The third-order valence-electron chi connectivity index (χ3n) is 4.09. The largest absolute Gasteiger partial charge is 0.436 e. The lowest BCUT2D eigenvalue weighted by Gasteiger charge is -2.04. The van der Waals surface area contributed by atoms with Gasteiger partial charge in [0.25, 0.3) is 0 Å². The maximum atomic E-state index is 12.0. The monoisotopic (exact) mass is 482 g/mol. The number of nitrogens with zero attached hydrogens (tertiary/aromatic N) is 1. The second-order valence-electron chi connectivity index (χ2n) is 6.18. The van der Waals surface area contributed by atoms with Crippen LogP contribution in [0.25, 0.3) is 22.6 Å². The van der Waals surface area contributed by atoms with Gasteiger partial charge in [-0.2, -0.15) is 0 Å². The van der Waals surface area contributed by atoms with E-state index in [1.165, 1.54) is 6.42 Å². The van der Waals surface area contributed by atoms with Crippen LogP contribution in [0.3, 0.4) is 0 Å². The minimum absolute atomic E-state index is 0.0322. The summed E-state index contributed by atoms with van der Waals surface area (Å²) in [5.41, 5.74) is 2.84. The molecule has 0 spiro atoms. The normalized spacial score (nSPS) is 11.0. The zero-order chi connectivity index (χ0) is 18.5. The Morgan fingerprint density at radius 1 is 1.19 bits per heavy atom. The van der Waals surface area contributed by atoms with Crippen LogP contribution in [0.2, 0.25) is 5.02 Å². The molecule has 6 heteroatoms. The topological polar surface area (TPSA) is 55.1 Å². The number of amides is 1. The minimum Gasteiger partial charge on any atom is -0.436 e. The molecule has 0 unspecified atom stereocenters. The highest BCUT2D eigenvalue weighted by molar-refractivity contribution is 14.1. The Kier molecular flexibility index (Phi) is 6.53. The van der Waals surface area contributed by atoms with Crippen molar-refractivity contribution in [3.63, 3.8) is 0 Å². The van der Waals surface area contributed by atoms with E-state index < -0.39 is 0 Å². The van der Waals surface area contributed by atoms with E-state index in [4.69, 9.17) is 16.0 Å². The van der Waals surface area contributed by atoms with Gasteiger partial charge in [0.1, 0.15) is 5.52 Å². The van der Waals surface area contributed by atoms with Gasteiger partial charge < -0.3 is 9.73 Å². The fraction of sp³-hybridized carbons (Fsp3) is 0.300. The van der Waals surface area contributed by atoms with Crippen molar-refractivity contribution < 1.29 is 9.21 Å². The minimum atomic E-state index is 0.0322. The highest BCUT2D eigenvalue weighted by Gasteiger charge is 2.13. The van der Waals surface area contributed by atoms with Crippen molar-refractivity contribution >= 4 is 56.9 Å². The van der Waals surface area contributed by atoms with Crippen molar-refractivity contribution in [2.24, 2.45) is 0 Å². The first-order chi connectivity index (χ1) is 12.6. The Morgan fingerprint density at radius 3 is 2.85 bits per heavy atom. The van der Waals surface area contributed by atoms with Crippen LogP contribution >= 0.6 is 34.2 Å². The van der Waals surface area contributed by atoms with Crippen LogP contribution in [0.4, 0.5) is 5.69 Å². The maximum Gasteiger partial charge on any atom is 0.228 e. The summed E-state index contributed by atoms with van der Waals surface area (Å²) in [4.78, 5) is 16.6. The summed E-state index contributed by atoms with van der Waals surface area (Å²) in [7, 11) is 0. The molecule has 4 nitrogen and oxygen atoms in total. The van der Waals surface area contributed by atoms with Crippen LogP contribution in [0, 0.1) is 3.57 Å². The van der Waals surface area contributed by atoms with E-state index in [1.54, 1.807) is 0 Å². The smallest absolute Gasteiger partial charge is 0.228 e. The first kappa shape index (κ1) is 19.2. The maximum absolute atomic E-state index is 12.0. The van der Waals surface area contributed by atoms with E-state index in [1.807, 2.05) is 36.4 Å². The first-order valence-electron chi connectivity index (χ1n) is 8.72. The third-order valence-corrected chi connectivity index (χ3v) is 5.09. The van der Waals surface area contributed by atoms with Crippen LogP contribution in [0.15, 0.2) is 40.8 Å². The molecule has 1 aromatic heterocycles. The molecule has 3 aromatic rings. The van der Waals surface area contributed by atoms with Gasteiger partial charge in [-0.25, -0.2) is 4.98 Å². The molecule has 0 saturated carbocycles. The standard InChI is InChI=1S/C20H20ClIN2O2/c1-2-3-4-5-6-19(25)23-14-8-10-18-17(12-14)24-20(26-18)15-11-13(22)7-9-16(15)21/h7-12H,2-6H2,1H3,(H,23,25). The quantitative estimate of drug-likeness (QED) is 0.302. The summed E-state index contributed by atoms with van der Waals surface area (Å²) >= 11 is 8.50. The molecule has 0 saturated heterocycles. The average molecular weight is 483 g/mol. The molecule has 0 atom stereocenters.